The first-order chi connectivity index (χ1) is 15.2. The van der Waals surface area contributed by atoms with E-state index in [1.54, 1.807) is 6.20 Å². The number of aromatic nitrogens is 3. The van der Waals surface area contributed by atoms with Crippen LogP contribution in [0.2, 0.25) is 0 Å². The van der Waals surface area contributed by atoms with Gasteiger partial charge in [-0.15, -0.1) is 0 Å². The Kier molecular flexibility index (Phi) is 5.74. The van der Waals surface area contributed by atoms with Crippen molar-refractivity contribution in [3.8, 4) is 5.75 Å². The van der Waals surface area contributed by atoms with E-state index in [1.165, 1.54) is 44.5 Å². The number of rotatable bonds is 4. The molecule has 2 aliphatic heterocycles. The molecule has 0 aliphatic carbocycles. The van der Waals surface area contributed by atoms with Crippen LogP contribution in [0.5, 0.6) is 5.75 Å². The number of nitrogens with zero attached hydrogens (tertiary/aromatic N) is 4. The molecule has 0 unspecified atom stereocenters. The summed E-state index contributed by atoms with van der Waals surface area (Å²) in [5, 5.41) is 0. The average molecular weight is 419 g/mol. The van der Waals surface area contributed by atoms with Gasteiger partial charge in [0.2, 0.25) is 0 Å². The fourth-order valence-corrected chi connectivity index (χ4v) is 4.65. The number of ether oxygens (including phenoxy) is 2. The van der Waals surface area contributed by atoms with Gasteiger partial charge in [0.05, 0.1) is 24.2 Å². The number of benzene rings is 1. The quantitative estimate of drug-likeness (QED) is 0.623. The van der Waals surface area contributed by atoms with E-state index in [9.17, 15) is 0 Å². The molecule has 2 aromatic heterocycles. The Morgan fingerprint density at radius 1 is 1.16 bits per heavy atom. The lowest BCUT2D eigenvalue weighted by Gasteiger charge is -2.32. The SMILES string of the molecule is CCCN1CCC(c2ccc3c(c2)OCOCC(c2cn4cc(C)ncc4n2)=C3)CC1. The van der Waals surface area contributed by atoms with E-state index in [4.69, 9.17) is 14.5 Å². The van der Waals surface area contributed by atoms with Crippen molar-refractivity contribution in [3.05, 3.63) is 59.3 Å². The number of hydrogen-bond donors (Lipinski definition) is 0. The van der Waals surface area contributed by atoms with Crippen molar-refractivity contribution in [2.75, 3.05) is 33.0 Å². The van der Waals surface area contributed by atoms with Crippen LogP contribution >= 0.6 is 0 Å². The molecule has 2 aliphatic rings. The zero-order valence-corrected chi connectivity index (χ0v) is 18.4. The van der Waals surface area contributed by atoms with Crippen molar-refractivity contribution >= 4 is 17.3 Å². The van der Waals surface area contributed by atoms with Crippen LogP contribution in [0.15, 0.2) is 36.8 Å². The summed E-state index contributed by atoms with van der Waals surface area (Å²) in [7, 11) is 0. The molecule has 0 radical (unpaired) electrons. The Morgan fingerprint density at radius 2 is 2.03 bits per heavy atom. The smallest absolute Gasteiger partial charge is 0.189 e. The molecule has 0 saturated carbocycles. The number of hydrogen-bond acceptors (Lipinski definition) is 5. The van der Waals surface area contributed by atoms with Gasteiger partial charge in [-0.3, -0.25) is 4.98 Å². The van der Waals surface area contributed by atoms with Crippen LogP contribution in [0, 0.1) is 6.92 Å². The third-order valence-corrected chi connectivity index (χ3v) is 6.32. The van der Waals surface area contributed by atoms with Crippen molar-refractivity contribution < 1.29 is 9.47 Å². The largest absolute Gasteiger partial charge is 0.467 e. The summed E-state index contributed by atoms with van der Waals surface area (Å²) in [6.07, 6.45) is 11.6. The monoisotopic (exact) mass is 418 g/mol. The normalized spacial score (nSPS) is 18.2. The minimum Gasteiger partial charge on any atom is -0.467 e. The van der Waals surface area contributed by atoms with E-state index in [1.807, 2.05) is 23.7 Å². The number of piperidine rings is 1. The molecule has 4 heterocycles. The lowest BCUT2D eigenvalue weighted by molar-refractivity contribution is 0.0323. The van der Waals surface area contributed by atoms with E-state index >= 15 is 0 Å². The molecule has 1 saturated heterocycles. The highest BCUT2D eigenvalue weighted by molar-refractivity contribution is 5.83. The van der Waals surface area contributed by atoms with Gasteiger partial charge in [-0.05, 0) is 69.4 Å². The maximum atomic E-state index is 5.97. The fourth-order valence-electron chi connectivity index (χ4n) is 4.65. The van der Waals surface area contributed by atoms with Crippen LogP contribution in [0.3, 0.4) is 0 Å². The van der Waals surface area contributed by atoms with Crippen LogP contribution in [0.1, 0.15) is 54.6 Å². The Morgan fingerprint density at radius 3 is 2.87 bits per heavy atom. The lowest BCUT2D eigenvalue weighted by Crippen LogP contribution is -2.33. The number of fused-ring (bicyclic) bond motifs is 2. The topological polar surface area (TPSA) is 51.9 Å². The lowest BCUT2D eigenvalue weighted by atomic mass is 9.88. The molecule has 0 bridgehead atoms. The molecule has 6 nitrogen and oxygen atoms in total. The Bertz CT molecular complexity index is 1100. The minimum atomic E-state index is 0.247. The summed E-state index contributed by atoms with van der Waals surface area (Å²) in [6.45, 7) is 8.54. The third kappa shape index (κ3) is 4.36. The van der Waals surface area contributed by atoms with Gasteiger partial charge >= 0.3 is 0 Å². The molecule has 6 heteroatoms. The maximum Gasteiger partial charge on any atom is 0.189 e. The van der Waals surface area contributed by atoms with Gasteiger partial charge in [0.15, 0.2) is 12.4 Å². The summed E-state index contributed by atoms with van der Waals surface area (Å²) in [5.41, 5.74) is 6.21. The van der Waals surface area contributed by atoms with Crippen LogP contribution in [-0.2, 0) is 4.74 Å². The Balaban J connectivity index is 1.41. The number of aryl methyl sites for hydroxylation is 1. The van der Waals surface area contributed by atoms with Crippen LogP contribution in [-0.4, -0.2) is 52.3 Å². The molecule has 0 atom stereocenters. The van der Waals surface area contributed by atoms with Gasteiger partial charge in [-0.2, -0.15) is 0 Å². The van der Waals surface area contributed by atoms with Crippen molar-refractivity contribution in [1.82, 2.24) is 19.3 Å². The summed E-state index contributed by atoms with van der Waals surface area (Å²) < 4.78 is 13.8. The second-order valence-corrected chi connectivity index (χ2v) is 8.61. The molecular weight excluding hydrogens is 388 g/mol. The summed E-state index contributed by atoms with van der Waals surface area (Å²) in [6, 6.07) is 6.68. The predicted molar refractivity (Wildman–Crippen MR) is 122 cm³/mol. The average Bonchev–Trinajstić information content (AvgIpc) is 3.18. The molecule has 5 rings (SSSR count). The number of likely N-dealkylation sites (tertiary alicyclic amines) is 1. The van der Waals surface area contributed by atoms with Crippen LogP contribution in [0.4, 0.5) is 0 Å². The third-order valence-electron chi connectivity index (χ3n) is 6.32. The maximum absolute atomic E-state index is 5.97. The highest BCUT2D eigenvalue weighted by Crippen LogP contribution is 2.34. The zero-order chi connectivity index (χ0) is 21.2. The predicted octanol–water partition coefficient (Wildman–Crippen LogP) is 4.53. The standard InChI is InChI=1S/C25H30N4O2/c1-3-8-28-9-6-19(7-10-28)20-4-5-21-11-22(16-30-17-31-24(21)12-20)23-15-29-14-18(2)26-13-25(29)27-23/h4-5,11-15,19H,3,6-10,16-17H2,1-2H3. The molecule has 1 fully saturated rings. The molecule has 3 aromatic rings. The first-order valence-corrected chi connectivity index (χ1v) is 11.3. The van der Waals surface area contributed by atoms with Crippen molar-refractivity contribution in [2.45, 2.75) is 39.0 Å². The summed E-state index contributed by atoms with van der Waals surface area (Å²) >= 11 is 0. The van der Waals surface area contributed by atoms with E-state index in [-0.39, 0.29) is 6.79 Å². The van der Waals surface area contributed by atoms with E-state index < -0.39 is 0 Å². The van der Waals surface area contributed by atoms with Gasteiger partial charge in [0, 0.05) is 23.5 Å². The highest BCUT2D eigenvalue weighted by atomic mass is 16.7. The van der Waals surface area contributed by atoms with Crippen LogP contribution < -0.4 is 4.74 Å². The molecule has 0 spiro atoms. The summed E-state index contributed by atoms with van der Waals surface area (Å²) in [4.78, 5) is 11.7. The molecule has 0 amide bonds. The molecule has 31 heavy (non-hydrogen) atoms. The van der Waals surface area contributed by atoms with Gasteiger partial charge < -0.3 is 18.8 Å². The second kappa shape index (κ2) is 8.81. The first-order valence-electron chi connectivity index (χ1n) is 11.3. The van der Waals surface area contributed by atoms with Gasteiger partial charge in [0.25, 0.3) is 0 Å². The van der Waals surface area contributed by atoms with Gasteiger partial charge in [-0.25, -0.2) is 4.98 Å². The molecule has 1 aromatic carbocycles. The van der Waals surface area contributed by atoms with E-state index in [0.717, 1.165) is 33.9 Å². The van der Waals surface area contributed by atoms with Crippen molar-refractivity contribution in [3.63, 3.8) is 0 Å². The molecule has 162 valence electrons. The van der Waals surface area contributed by atoms with E-state index in [0.29, 0.717) is 12.5 Å². The van der Waals surface area contributed by atoms with Gasteiger partial charge in [0.1, 0.15) is 5.75 Å². The minimum absolute atomic E-state index is 0.247. The van der Waals surface area contributed by atoms with Crippen LogP contribution in [0.25, 0.3) is 17.3 Å². The highest BCUT2D eigenvalue weighted by Gasteiger charge is 2.21. The summed E-state index contributed by atoms with van der Waals surface area (Å²) in [5.74, 6) is 1.50. The van der Waals surface area contributed by atoms with E-state index in [2.05, 4.69) is 41.1 Å². The van der Waals surface area contributed by atoms with Gasteiger partial charge in [-0.1, -0.05) is 19.1 Å². The Hall–Kier alpha value is -2.70. The molecule has 0 N–H and O–H groups in total. The van der Waals surface area contributed by atoms with Crippen molar-refractivity contribution in [2.24, 2.45) is 0 Å². The number of imidazole rings is 1. The van der Waals surface area contributed by atoms with Crippen molar-refractivity contribution in [1.29, 1.82) is 0 Å². The zero-order valence-electron chi connectivity index (χ0n) is 18.4. The Labute approximate surface area is 183 Å². The second-order valence-electron chi connectivity index (χ2n) is 8.61. The first kappa shape index (κ1) is 20.2. The molecular formula is C25H30N4O2. The fraction of sp³-hybridized carbons (Fsp3) is 0.440.